The summed E-state index contributed by atoms with van der Waals surface area (Å²) >= 11 is 0. The number of hydrogen-bond donors (Lipinski definition) is 4. The molecule has 6 nitrogen and oxygen atoms in total. The summed E-state index contributed by atoms with van der Waals surface area (Å²) in [6.07, 6.45) is 1.49. The number of carboxylic acid groups (broad SMARTS) is 1. The zero-order chi connectivity index (χ0) is 11.5. The first-order chi connectivity index (χ1) is 7.16. The van der Waals surface area contributed by atoms with Crippen LogP contribution in [-0.4, -0.2) is 49.6 Å². The van der Waals surface area contributed by atoms with Gasteiger partial charge in [0.1, 0.15) is 5.84 Å². The van der Waals surface area contributed by atoms with E-state index in [4.69, 9.17) is 10.8 Å². The van der Waals surface area contributed by atoms with Crippen LogP contribution in [0.3, 0.4) is 0 Å². The largest absolute Gasteiger partial charge is 0.480 e. The lowest BCUT2D eigenvalue weighted by Gasteiger charge is -2.03. The number of hydrogen-bond acceptors (Lipinski definition) is 4. The summed E-state index contributed by atoms with van der Waals surface area (Å²) in [5, 5.41) is 14.2. The van der Waals surface area contributed by atoms with Crippen molar-refractivity contribution in [1.29, 1.82) is 0 Å². The molecule has 0 rings (SSSR count). The van der Waals surface area contributed by atoms with Crippen LogP contribution in [0.4, 0.5) is 0 Å². The molecule has 0 aromatic rings. The molecule has 0 fully saturated rings. The highest BCUT2D eigenvalue weighted by molar-refractivity contribution is 5.90. The molecule has 0 unspecified atom stereocenters. The quantitative estimate of drug-likeness (QED) is 0.219. The van der Waals surface area contributed by atoms with Crippen LogP contribution >= 0.6 is 0 Å². The summed E-state index contributed by atoms with van der Waals surface area (Å²) in [6, 6.07) is 0. The third-order valence-electron chi connectivity index (χ3n) is 1.55. The van der Waals surface area contributed by atoms with Gasteiger partial charge in [-0.1, -0.05) is 6.58 Å². The fourth-order valence-electron chi connectivity index (χ4n) is 0.826. The molecule has 86 valence electrons. The lowest BCUT2D eigenvalue weighted by molar-refractivity contribution is -0.135. The fraction of sp³-hybridized carbons (Fsp3) is 0.556. The number of nitrogens with one attached hydrogen (secondary N) is 2. The standard InChI is InChI=1S/C9H18N4O2/c1-2-8(10)13-6-5-11-3-4-12-7-9(14)15/h2,11-12H,1,3-7H2,(H2,10,13)(H,14,15). The second-order valence-corrected chi connectivity index (χ2v) is 2.83. The molecule has 0 saturated heterocycles. The number of rotatable bonds is 9. The van der Waals surface area contributed by atoms with Crippen LogP contribution in [-0.2, 0) is 4.79 Å². The van der Waals surface area contributed by atoms with Crippen molar-refractivity contribution in [3.05, 3.63) is 12.7 Å². The summed E-state index contributed by atoms with van der Waals surface area (Å²) in [5.41, 5.74) is 5.40. The van der Waals surface area contributed by atoms with E-state index in [1.54, 1.807) is 0 Å². The lowest BCUT2D eigenvalue weighted by atomic mass is 10.5. The Morgan fingerprint density at radius 3 is 2.67 bits per heavy atom. The molecule has 0 spiro atoms. The highest BCUT2D eigenvalue weighted by atomic mass is 16.4. The lowest BCUT2D eigenvalue weighted by Crippen LogP contribution is -2.32. The Labute approximate surface area is 89.3 Å². The molecule has 0 heterocycles. The van der Waals surface area contributed by atoms with Crippen LogP contribution < -0.4 is 16.4 Å². The zero-order valence-corrected chi connectivity index (χ0v) is 8.70. The van der Waals surface area contributed by atoms with Crippen LogP contribution in [0, 0.1) is 0 Å². The highest BCUT2D eigenvalue weighted by Crippen LogP contribution is 1.71. The van der Waals surface area contributed by atoms with E-state index >= 15 is 0 Å². The molecule has 0 amide bonds. The monoisotopic (exact) mass is 214 g/mol. The second kappa shape index (κ2) is 9.17. The van der Waals surface area contributed by atoms with Gasteiger partial charge >= 0.3 is 5.97 Å². The van der Waals surface area contributed by atoms with E-state index in [0.717, 1.165) is 0 Å². The molecule has 15 heavy (non-hydrogen) atoms. The van der Waals surface area contributed by atoms with Crippen LogP contribution in [0.1, 0.15) is 0 Å². The van der Waals surface area contributed by atoms with E-state index in [9.17, 15) is 4.79 Å². The first kappa shape index (κ1) is 13.6. The Hall–Kier alpha value is -1.40. The predicted molar refractivity (Wildman–Crippen MR) is 60.1 cm³/mol. The van der Waals surface area contributed by atoms with E-state index in [1.807, 2.05) is 0 Å². The number of amidine groups is 1. The van der Waals surface area contributed by atoms with E-state index in [1.165, 1.54) is 6.08 Å². The summed E-state index contributed by atoms with van der Waals surface area (Å²) in [4.78, 5) is 14.1. The highest BCUT2D eigenvalue weighted by Gasteiger charge is 1.93. The number of nitrogens with zero attached hydrogens (tertiary/aromatic N) is 1. The van der Waals surface area contributed by atoms with Crippen molar-refractivity contribution in [2.45, 2.75) is 0 Å². The van der Waals surface area contributed by atoms with Gasteiger partial charge < -0.3 is 21.5 Å². The molecule has 0 radical (unpaired) electrons. The molecular formula is C9H18N4O2. The Balaban J connectivity index is 3.18. The third-order valence-corrected chi connectivity index (χ3v) is 1.55. The van der Waals surface area contributed by atoms with Gasteiger partial charge in [-0.15, -0.1) is 0 Å². The molecule has 0 bridgehead atoms. The van der Waals surface area contributed by atoms with Crippen molar-refractivity contribution < 1.29 is 9.90 Å². The minimum atomic E-state index is -0.849. The van der Waals surface area contributed by atoms with E-state index in [0.29, 0.717) is 32.0 Å². The molecular weight excluding hydrogens is 196 g/mol. The maximum absolute atomic E-state index is 10.1. The van der Waals surface area contributed by atoms with E-state index in [-0.39, 0.29) is 6.54 Å². The molecule has 0 aliphatic heterocycles. The Bertz CT molecular complexity index is 228. The molecule has 0 atom stereocenters. The van der Waals surface area contributed by atoms with Gasteiger partial charge in [-0.3, -0.25) is 9.79 Å². The normalized spacial score (nSPS) is 11.3. The van der Waals surface area contributed by atoms with Gasteiger partial charge in [0.15, 0.2) is 0 Å². The SMILES string of the molecule is C=CC(N)=NCCNCCNCC(=O)O. The molecule has 0 aromatic heterocycles. The summed E-state index contributed by atoms with van der Waals surface area (Å²) < 4.78 is 0. The number of aliphatic imine (C=N–C) groups is 1. The maximum Gasteiger partial charge on any atom is 0.317 e. The van der Waals surface area contributed by atoms with Crippen LogP contribution in [0.25, 0.3) is 0 Å². The summed E-state index contributed by atoms with van der Waals surface area (Å²) in [5.74, 6) is -0.417. The molecule has 0 aromatic carbocycles. The molecule has 6 heteroatoms. The fourth-order valence-corrected chi connectivity index (χ4v) is 0.826. The van der Waals surface area contributed by atoms with E-state index < -0.39 is 5.97 Å². The first-order valence-electron chi connectivity index (χ1n) is 4.72. The summed E-state index contributed by atoms with van der Waals surface area (Å²) in [7, 11) is 0. The minimum Gasteiger partial charge on any atom is -0.480 e. The van der Waals surface area contributed by atoms with Crippen LogP contribution in [0.15, 0.2) is 17.6 Å². The van der Waals surface area contributed by atoms with Gasteiger partial charge in [-0.2, -0.15) is 0 Å². The topological polar surface area (TPSA) is 99.7 Å². The Kier molecular flexibility index (Phi) is 8.31. The van der Waals surface area contributed by atoms with Crippen molar-refractivity contribution in [2.24, 2.45) is 10.7 Å². The second-order valence-electron chi connectivity index (χ2n) is 2.83. The van der Waals surface area contributed by atoms with Crippen molar-refractivity contribution in [3.63, 3.8) is 0 Å². The minimum absolute atomic E-state index is 0.0107. The number of carbonyl (C=O) groups is 1. The first-order valence-corrected chi connectivity index (χ1v) is 4.72. The van der Waals surface area contributed by atoms with Crippen molar-refractivity contribution in [3.8, 4) is 0 Å². The van der Waals surface area contributed by atoms with Gasteiger partial charge in [0.25, 0.3) is 0 Å². The van der Waals surface area contributed by atoms with E-state index in [2.05, 4.69) is 22.2 Å². The molecule has 0 aliphatic carbocycles. The van der Waals surface area contributed by atoms with Crippen molar-refractivity contribution in [1.82, 2.24) is 10.6 Å². The Morgan fingerprint density at radius 2 is 2.07 bits per heavy atom. The Morgan fingerprint density at radius 1 is 1.40 bits per heavy atom. The van der Waals surface area contributed by atoms with Gasteiger partial charge in [-0.05, 0) is 6.08 Å². The molecule has 5 N–H and O–H groups in total. The number of nitrogens with two attached hydrogens (primary N) is 1. The number of aliphatic carboxylic acids is 1. The van der Waals surface area contributed by atoms with Crippen molar-refractivity contribution >= 4 is 11.8 Å². The smallest absolute Gasteiger partial charge is 0.317 e. The van der Waals surface area contributed by atoms with Gasteiger partial charge in [0, 0.05) is 19.6 Å². The van der Waals surface area contributed by atoms with Crippen LogP contribution in [0.2, 0.25) is 0 Å². The third kappa shape index (κ3) is 10.5. The van der Waals surface area contributed by atoms with Crippen LogP contribution in [0.5, 0.6) is 0 Å². The predicted octanol–water partition coefficient (Wildman–Crippen LogP) is -1.21. The van der Waals surface area contributed by atoms with Gasteiger partial charge in [0.2, 0.25) is 0 Å². The summed E-state index contributed by atoms with van der Waals surface area (Å²) in [6.45, 7) is 6.09. The van der Waals surface area contributed by atoms with Gasteiger partial charge in [-0.25, -0.2) is 0 Å². The average Bonchev–Trinajstić information content (AvgIpc) is 2.21. The molecule has 0 aliphatic rings. The zero-order valence-electron chi connectivity index (χ0n) is 8.70. The maximum atomic E-state index is 10.1. The molecule has 0 saturated carbocycles. The average molecular weight is 214 g/mol. The number of carboxylic acids is 1. The van der Waals surface area contributed by atoms with Gasteiger partial charge in [0.05, 0.1) is 13.1 Å². The van der Waals surface area contributed by atoms with Crippen molar-refractivity contribution in [2.75, 3.05) is 32.7 Å².